The van der Waals surface area contributed by atoms with Gasteiger partial charge in [0.05, 0.1) is 11.3 Å². The number of hydrogen-bond donors (Lipinski definition) is 1. The van der Waals surface area contributed by atoms with Crippen molar-refractivity contribution in [2.24, 2.45) is 5.73 Å². The van der Waals surface area contributed by atoms with Crippen molar-refractivity contribution in [3.05, 3.63) is 35.9 Å². The number of nitrogens with zero attached hydrogens (tertiary/aromatic N) is 4. The molecule has 0 saturated carbocycles. The Hall–Kier alpha value is -2.31. The third-order valence-electron chi connectivity index (χ3n) is 1.82. The highest BCUT2D eigenvalue weighted by Crippen LogP contribution is 2.13. The number of rotatable bonds is 2. The van der Waals surface area contributed by atoms with Gasteiger partial charge in [-0.05, 0) is 28.6 Å². The van der Waals surface area contributed by atoms with E-state index in [1.807, 2.05) is 0 Å². The quantitative estimate of drug-likeness (QED) is 0.744. The van der Waals surface area contributed by atoms with Crippen molar-refractivity contribution in [3.8, 4) is 5.69 Å². The molecule has 1 aromatic heterocycles. The van der Waals surface area contributed by atoms with Gasteiger partial charge in [0.2, 0.25) is 0 Å². The van der Waals surface area contributed by atoms with Gasteiger partial charge in [0, 0.05) is 0 Å². The second kappa shape index (κ2) is 3.45. The molecule has 15 heavy (non-hydrogen) atoms. The lowest BCUT2D eigenvalue weighted by atomic mass is 10.1. The van der Waals surface area contributed by atoms with Crippen LogP contribution in [0.2, 0.25) is 0 Å². The number of nitrogens with two attached hydrogens (primary N) is 1. The van der Waals surface area contributed by atoms with E-state index < -0.39 is 11.7 Å². The fourth-order valence-corrected chi connectivity index (χ4v) is 1.18. The van der Waals surface area contributed by atoms with E-state index in [9.17, 15) is 9.18 Å². The zero-order valence-electron chi connectivity index (χ0n) is 7.46. The Morgan fingerprint density at radius 1 is 1.47 bits per heavy atom. The Kier molecular flexibility index (Phi) is 2.13. The molecular weight excluding hydrogens is 201 g/mol. The molecular formula is C8H6FN5O. The number of carbonyl (C=O) groups is 1. The molecule has 0 atom stereocenters. The third-order valence-corrected chi connectivity index (χ3v) is 1.82. The van der Waals surface area contributed by atoms with E-state index >= 15 is 0 Å². The van der Waals surface area contributed by atoms with Gasteiger partial charge in [-0.25, -0.2) is 4.39 Å². The fraction of sp³-hybridized carbons (Fsp3) is 0. The second-order valence-corrected chi connectivity index (χ2v) is 2.78. The van der Waals surface area contributed by atoms with Crippen LogP contribution in [0.4, 0.5) is 4.39 Å². The number of tetrazole rings is 1. The minimum Gasteiger partial charge on any atom is -0.366 e. The van der Waals surface area contributed by atoms with Crippen LogP contribution in [0.15, 0.2) is 24.5 Å². The lowest BCUT2D eigenvalue weighted by Gasteiger charge is -2.04. The van der Waals surface area contributed by atoms with E-state index in [2.05, 4.69) is 15.5 Å². The number of halogens is 1. The minimum absolute atomic E-state index is 0.0299. The summed E-state index contributed by atoms with van der Waals surface area (Å²) in [5.41, 5.74) is 5.47. The molecule has 0 aliphatic rings. The van der Waals surface area contributed by atoms with Gasteiger partial charge in [-0.1, -0.05) is 0 Å². The molecule has 6 nitrogen and oxygen atoms in total. The van der Waals surface area contributed by atoms with E-state index in [1.165, 1.54) is 23.1 Å². The fourth-order valence-electron chi connectivity index (χ4n) is 1.18. The Morgan fingerprint density at radius 2 is 2.27 bits per heavy atom. The Balaban J connectivity index is 2.61. The minimum atomic E-state index is -0.736. The summed E-state index contributed by atoms with van der Waals surface area (Å²) < 4.78 is 14.1. The first kappa shape index (κ1) is 9.25. The molecule has 2 rings (SSSR count). The predicted octanol–water partition coefficient (Wildman–Crippen LogP) is -0.0997. The molecule has 0 spiro atoms. The van der Waals surface area contributed by atoms with Crippen molar-refractivity contribution < 1.29 is 9.18 Å². The predicted molar refractivity (Wildman–Crippen MR) is 47.6 cm³/mol. The number of benzene rings is 1. The molecule has 2 aromatic rings. The van der Waals surface area contributed by atoms with Crippen molar-refractivity contribution >= 4 is 5.91 Å². The summed E-state index contributed by atoms with van der Waals surface area (Å²) in [6, 6.07) is 3.62. The van der Waals surface area contributed by atoms with Crippen LogP contribution in [0.1, 0.15) is 10.4 Å². The Labute approximate surface area is 83.5 Å². The maximum absolute atomic E-state index is 12.9. The summed E-state index contributed by atoms with van der Waals surface area (Å²) in [7, 11) is 0. The van der Waals surface area contributed by atoms with Gasteiger partial charge in [0.25, 0.3) is 5.91 Å². The van der Waals surface area contributed by atoms with Gasteiger partial charge < -0.3 is 5.73 Å². The van der Waals surface area contributed by atoms with Gasteiger partial charge in [0.1, 0.15) is 12.1 Å². The lowest BCUT2D eigenvalue weighted by molar-refractivity contribution is 0.0999. The van der Waals surface area contributed by atoms with Crippen LogP contribution in [0, 0.1) is 5.82 Å². The SMILES string of the molecule is NC(=O)c1cc(F)ccc1-n1cnnn1. The summed E-state index contributed by atoms with van der Waals surface area (Å²) in [4.78, 5) is 11.0. The van der Waals surface area contributed by atoms with Crippen LogP contribution in [0.25, 0.3) is 5.69 Å². The molecule has 0 bridgehead atoms. The molecule has 1 heterocycles. The molecule has 0 unspecified atom stereocenters. The van der Waals surface area contributed by atoms with Crippen LogP contribution in [-0.2, 0) is 0 Å². The lowest BCUT2D eigenvalue weighted by Crippen LogP contribution is -2.15. The van der Waals surface area contributed by atoms with Crippen molar-refractivity contribution in [3.63, 3.8) is 0 Å². The smallest absolute Gasteiger partial charge is 0.251 e. The number of carbonyl (C=O) groups excluding carboxylic acids is 1. The zero-order chi connectivity index (χ0) is 10.8. The molecule has 7 heteroatoms. The van der Waals surface area contributed by atoms with E-state index in [0.717, 1.165) is 6.07 Å². The molecule has 1 aromatic carbocycles. The Morgan fingerprint density at radius 3 is 2.87 bits per heavy atom. The highest BCUT2D eigenvalue weighted by atomic mass is 19.1. The molecule has 0 aliphatic heterocycles. The van der Waals surface area contributed by atoms with Crippen LogP contribution in [0.3, 0.4) is 0 Å². The van der Waals surface area contributed by atoms with Crippen molar-refractivity contribution in [2.45, 2.75) is 0 Å². The van der Waals surface area contributed by atoms with Crippen molar-refractivity contribution in [1.82, 2.24) is 20.2 Å². The number of aromatic nitrogens is 4. The molecule has 0 fully saturated rings. The molecule has 2 N–H and O–H groups in total. The highest BCUT2D eigenvalue weighted by Gasteiger charge is 2.11. The summed E-state index contributed by atoms with van der Waals surface area (Å²) in [5.74, 6) is -1.28. The second-order valence-electron chi connectivity index (χ2n) is 2.78. The first-order chi connectivity index (χ1) is 7.18. The number of primary amides is 1. The Bertz CT molecular complexity index is 496. The van der Waals surface area contributed by atoms with Gasteiger partial charge >= 0.3 is 0 Å². The summed E-state index contributed by atoms with van der Waals surface area (Å²) in [5, 5.41) is 10.4. The third kappa shape index (κ3) is 1.66. The standard InChI is InChI=1S/C8H6FN5O/c9-5-1-2-7(6(3-5)8(10)15)14-4-11-12-13-14/h1-4H,(H2,10,15). The molecule has 0 saturated heterocycles. The van der Waals surface area contributed by atoms with E-state index in [0.29, 0.717) is 5.69 Å². The zero-order valence-corrected chi connectivity index (χ0v) is 7.46. The molecule has 1 amide bonds. The van der Waals surface area contributed by atoms with Crippen molar-refractivity contribution in [2.75, 3.05) is 0 Å². The maximum Gasteiger partial charge on any atom is 0.251 e. The van der Waals surface area contributed by atoms with Gasteiger partial charge in [-0.15, -0.1) is 5.10 Å². The first-order valence-electron chi connectivity index (χ1n) is 4.01. The van der Waals surface area contributed by atoms with Gasteiger partial charge in [-0.3, -0.25) is 4.79 Å². The van der Waals surface area contributed by atoms with Gasteiger partial charge in [-0.2, -0.15) is 4.68 Å². The molecule has 76 valence electrons. The number of amides is 1. The van der Waals surface area contributed by atoms with Crippen LogP contribution < -0.4 is 5.73 Å². The average Bonchev–Trinajstić information content (AvgIpc) is 2.70. The monoisotopic (exact) mass is 207 g/mol. The topological polar surface area (TPSA) is 86.7 Å². The summed E-state index contributed by atoms with van der Waals surface area (Å²) in [6.07, 6.45) is 1.29. The average molecular weight is 207 g/mol. The normalized spacial score (nSPS) is 10.2. The number of hydrogen-bond acceptors (Lipinski definition) is 4. The van der Waals surface area contributed by atoms with E-state index in [-0.39, 0.29) is 5.56 Å². The van der Waals surface area contributed by atoms with E-state index in [4.69, 9.17) is 5.73 Å². The van der Waals surface area contributed by atoms with E-state index in [1.54, 1.807) is 0 Å². The van der Waals surface area contributed by atoms with Crippen LogP contribution in [0.5, 0.6) is 0 Å². The highest BCUT2D eigenvalue weighted by molar-refractivity contribution is 5.96. The molecule has 0 aliphatic carbocycles. The van der Waals surface area contributed by atoms with Crippen LogP contribution >= 0.6 is 0 Å². The first-order valence-corrected chi connectivity index (χ1v) is 4.01. The maximum atomic E-state index is 12.9. The summed E-state index contributed by atoms with van der Waals surface area (Å²) >= 11 is 0. The van der Waals surface area contributed by atoms with Crippen molar-refractivity contribution in [1.29, 1.82) is 0 Å². The van der Waals surface area contributed by atoms with Gasteiger partial charge in [0.15, 0.2) is 0 Å². The largest absolute Gasteiger partial charge is 0.366 e. The van der Waals surface area contributed by atoms with Crippen LogP contribution in [-0.4, -0.2) is 26.1 Å². The molecule has 0 radical (unpaired) electrons. The summed E-state index contributed by atoms with van der Waals surface area (Å²) in [6.45, 7) is 0.